The Morgan fingerprint density at radius 1 is 1.15 bits per heavy atom. The SMILES string of the molecule is NC(=S)c1ccc(F)cc1COc1cc(F)ccc1Br. The lowest BCUT2D eigenvalue weighted by atomic mass is 10.1. The second-order valence-electron chi connectivity index (χ2n) is 4.03. The molecule has 2 rings (SSSR count). The van der Waals surface area contributed by atoms with E-state index in [-0.39, 0.29) is 11.6 Å². The van der Waals surface area contributed by atoms with Gasteiger partial charge in [0.15, 0.2) is 0 Å². The summed E-state index contributed by atoms with van der Waals surface area (Å²) >= 11 is 8.15. The van der Waals surface area contributed by atoms with E-state index in [2.05, 4.69) is 15.9 Å². The molecule has 0 unspecified atom stereocenters. The smallest absolute Gasteiger partial charge is 0.136 e. The monoisotopic (exact) mass is 357 g/mol. The predicted molar refractivity (Wildman–Crippen MR) is 80.7 cm³/mol. The fourth-order valence-electron chi connectivity index (χ4n) is 1.67. The molecule has 0 radical (unpaired) electrons. The Hall–Kier alpha value is -1.53. The Labute approximate surface area is 128 Å². The molecule has 2 aromatic rings. The highest BCUT2D eigenvalue weighted by Gasteiger charge is 2.09. The molecule has 2 aromatic carbocycles. The van der Waals surface area contributed by atoms with Crippen LogP contribution in [0.2, 0.25) is 0 Å². The van der Waals surface area contributed by atoms with Crippen LogP contribution in [0.25, 0.3) is 0 Å². The second kappa shape index (κ2) is 6.28. The first kappa shape index (κ1) is 14.9. The van der Waals surface area contributed by atoms with Gasteiger partial charge in [0.05, 0.1) is 4.47 Å². The van der Waals surface area contributed by atoms with Crippen molar-refractivity contribution in [2.45, 2.75) is 6.61 Å². The molecule has 0 aliphatic rings. The van der Waals surface area contributed by atoms with Crippen molar-refractivity contribution in [3.63, 3.8) is 0 Å². The number of ether oxygens (including phenoxy) is 1. The van der Waals surface area contributed by atoms with Gasteiger partial charge in [0.25, 0.3) is 0 Å². The number of benzene rings is 2. The van der Waals surface area contributed by atoms with Gasteiger partial charge in [0.2, 0.25) is 0 Å². The second-order valence-corrected chi connectivity index (χ2v) is 5.32. The number of thiocarbonyl (C=S) groups is 1. The lowest BCUT2D eigenvalue weighted by molar-refractivity contribution is 0.302. The predicted octanol–water partition coefficient (Wildman–Crippen LogP) is 3.94. The number of rotatable bonds is 4. The van der Waals surface area contributed by atoms with Gasteiger partial charge in [-0.25, -0.2) is 8.78 Å². The zero-order valence-electron chi connectivity index (χ0n) is 10.2. The number of hydrogen-bond acceptors (Lipinski definition) is 2. The molecule has 20 heavy (non-hydrogen) atoms. The van der Waals surface area contributed by atoms with Gasteiger partial charge in [-0.3, -0.25) is 0 Å². The Bertz CT molecular complexity index is 664. The minimum absolute atomic E-state index is 0.0342. The van der Waals surface area contributed by atoms with Crippen molar-refractivity contribution in [2.24, 2.45) is 5.73 Å². The van der Waals surface area contributed by atoms with Gasteiger partial charge in [0, 0.05) is 17.2 Å². The summed E-state index contributed by atoms with van der Waals surface area (Å²) in [6.07, 6.45) is 0. The number of nitrogens with two attached hydrogens (primary N) is 1. The van der Waals surface area contributed by atoms with Crippen molar-refractivity contribution in [1.82, 2.24) is 0 Å². The molecule has 0 saturated carbocycles. The van der Waals surface area contributed by atoms with Crippen molar-refractivity contribution in [3.05, 3.63) is 63.6 Å². The summed E-state index contributed by atoms with van der Waals surface area (Å²) in [4.78, 5) is 0.155. The molecule has 0 aliphatic carbocycles. The minimum Gasteiger partial charge on any atom is -0.488 e. The van der Waals surface area contributed by atoms with E-state index in [1.54, 1.807) is 0 Å². The molecule has 0 fully saturated rings. The maximum Gasteiger partial charge on any atom is 0.136 e. The lowest BCUT2D eigenvalue weighted by Gasteiger charge is -2.11. The summed E-state index contributed by atoms with van der Waals surface area (Å²) in [5.41, 5.74) is 6.62. The van der Waals surface area contributed by atoms with Crippen LogP contribution in [0.15, 0.2) is 40.9 Å². The Morgan fingerprint density at radius 2 is 1.80 bits per heavy atom. The number of hydrogen-bond donors (Lipinski definition) is 1. The highest BCUT2D eigenvalue weighted by atomic mass is 79.9. The maximum absolute atomic E-state index is 13.3. The van der Waals surface area contributed by atoms with E-state index in [9.17, 15) is 8.78 Å². The van der Waals surface area contributed by atoms with Crippen LogP contribution in [0.3, 0.4) is 0 Å². The van der Waals surface area contributed by atoms with Gasteiger partial charge in [0.1, 0.15) is 29.0 Å². The fraction of sp³-hybridized carbons (Fsp3) is 0.0714. The van der Waals surface area contributed by atoms with E-state index in [0.29, 0.717) is 21.3 Å². The van der Waals surface area contributed by atoms with Crippen LogP contribution in [0.5, 0.6) is 5.75 Å². The first-order valence-electron chi connectivity index (χ1n) is 5.63. The molecule has 0 aliphatic heterocycles. The molecular formula is C14H10BrF2NOS. The van der Waals surface area contributed by atoms with E-state index in [1.165, 1.54) is 36.4 Å². The molecule has 104 valence electrons. The van der Waals surface area contributed by atoms with E-state index >= 15 is 0 Å². The zero-order chi connectivity index (χ0) is 14.7. The van der Waals surface area contributed by atoms with E-state index in [1.807, 2.05) is 0 Å². The third-order valence-corrected chi connectivity index (χ3v) is 3.48. The summed E-state index contributed by atoms with van der Waals surface area (Å²) in [5, 5.41) is 0. The summed E-state index contributed by atoms with van der Waals surface area (Å²) < 4.78 is 32.5. The molecule has 0 spiro atoms. The topological polar surface area (TPSA) is 35.2 Å². The summed E-state index contributed by atoms with van der Waals surface area (Å²) in [6, 6.07) is 8.14. The molecule has 2 N–H and O–H groups in total. The standard InChI is InChI=1S/C14H10BrF2NOS/c15-12-4-2-10(17)6-13(12)19-7-8-5-9(16)1-3-11(8)14(18)20/h1-6H,7H2,(H2,18,20). The largest absolute Gasteiger partial charge is 0.488 e. The average Bonchev–Trinajstić information content (AvgIpc) is 2.39. The van der Waals surface area contributed by atoms with Gasteiger partial charge < -0.3 is 10.5 Å². The first-order valence-corrected chi connectivity index (χ1v) is 6.83. The highest BCUT2D eigenvalue weighted by Crippen LogP contribution is 2.26. The van der Waals surface area contributed by atoms with Gasteiger partial charge in [-0.2, -0.15) is 0 Å². The molecule has 0 atom stereocenters. The summed E-state index contributed by atoms with van der Waals surface area (Å²) in [5.74, 6) is -0.512. The average molecular weight is 358 g/mol. The lowest BCUT2D eigenvalue weighted by Crippen LogP contribution is -2.14. The van der Waals surface area contributed by atoms with Crippen LogP contribution >= 0.6 is 28.1 Å². The van der Waals surface area contributed by atoms with E-state index < -0.39 is 11.6 Å². The van der Waals surface area contributed by atoms with Crippen molar-refractivity contribution in [2.75, 3.05) is 0 Å². The van der Waals surface area contributed by atoms with Gasteiger partial charge in [-0.15, -0.1) is 0 Å². The normalized spacial score (nSPS) is 10.3. The third kappa shape index (κ3) is 3.52. The van der Waals surface area contributed by atoms with Gasteiger partial charge in [-0.05, 0) is 46.3 Å². The summed E-state index contributed by atoms with van der Waals surface area (Å²) in [7, 11) is 0. The molecule has 2 nitrogen and oxygen atoms in total. The third-order valence-electron chi connectivity index (χ3n) is 2.61. The van der Waals surface area contributed by atoms with Crippen LogP contribution in [0, 0.1) is 11.6 Å². The van der Waals surface area contributed by atoms with Crippen LogP contribution in [-0.4, -0.2) is 4.99 Å². The summed E-state index contributed by atoms with van der Waals surface area (Å²) in [6.45, 7) is 0.0342. The minimum atomic E-state index is -0.419. The van der Waals surface area contributed by atoms with Crippen LogP contribution in [0.1, 0.15) is 11.1 Å². The Kier molecular flexibility index (Phi) is 4.67. The Morgan fingerprint density at radius 3 is 2.50 bits per heavy atom. The van der Waals surface area contributed by atoms with Crippen LogP contribution in [0.4, 0.5) is 8.78 Å². The van der Waals surface area contributed by atoms with Gasteiger partial charge in [-0.1, -0.05) is 12.2 Å². The molecule has 0 saturated heterocycles. The van der Waals surface area contributed by atoms with Crippen LogP contribution < -0.4 is 10.5 Å². The van der Waals surface area contributed by atoms with Crippen molar-refractivity contribution in [1.29, 1.82) is 0 Å². The fourth-order valence-corrected chi connectivity index (χ4v) is 2.23. The van der Waals surface area contributed by atoms with Crippen molar-refractivity contribution < 1.29 is 13.5 Å². The molecule has 6 heteroatoms. The zero-order valence-corrected chi connectivity index (χ0v) is 12.6. The van der Waals surface area contributed by atoms with Gasteiger partial charge >= 0.3 is 0 Å². The highest BCUT2D eigenvalue weighted by molar-refractivity contribution is 9.10. The quantitative estimate of drug-likeness (QED) is 0.841. The van der Waals surface area contributed by atoms with Crippen molar-refractivity contribution >= 4 is 33.1 Å². The molecule has 0 bridgehead atoms. The molecule has 0 amide bonds. The maximum atomic E-state index is 13.3. The molecule has 0 aromatic heterocycles. The Balaban J connectivity index is 2.24. The molecular weight excluding hydrogens is 348 g/mol. The molecule has 0 heterocycles. The van der Waals surface area contributed by atoms with E-state index in [0.717, 1.165) is 0 Å². The van der Waals surface area contributed by atoms with Crippen LogP contribution in [-0.2, 0) is 6.61 Å². The first-order chi connectivity index (χ1) is 9.47. The van der Waals surface area contributed by atoms with E-state index in [4.69, 9.17) is 22.7 Å². The number of halogens is 3. The van der Waals surface area contributed by atoms with Crippen molar-refractivity contribution in [3.8, 4) is 5.75 Å².